The molecule has 0 aromatic heterocycles. The van der Waals surface area contributed by atoms with Crippen molar-refractivity contribution in [3.63, 3.8) is 0 Å². The van der Waals surface area contributed by atoms with Gasteiger partial charge in [-0.3, -0.25) is 4.98 Å². The molecule has 5 rings (SSSR count). The molecule has 6 heteroatoms. The fraction of sp³-hybridized carbons (Fsp3) is 0.455. The summed E-state index contributed by atoms with van der Waals surface area (Å²) in [6.07, 6.45) is 5.36. The third-order valence-electron chi connectivity index (χ3n) is 5.77. The first-order valence-electron chi connectivity index (χ1n) is 10.1. The van der Waals surface area contributed by atoms with Crippen LogP contribution in [-0.2, 0) is 0 Å². The molecule has 2 heterocycles. The molecule has 0 saturated heterocycles. The molecule has 4 nitrogen and oxygen atoms in total. The lowest BCUT2D eigenvalue weighted by Crippen LogP contribution is -2.30. The third-order valence-corrected chi connectivity index (χ3v) is 6.32. The summed E-state index contributed by atoms with van der Waals surface area (Å²) >= 11 is 12.6. The number of H-pyrrole nitrogens is 1. The lowest BCUT2D eigenvalue weighted by atomic mass is 10.1. The number of rotatable bonds is 6. The minimum atomic E-state index is 0.615. The van der Waals surface area contributed by atoms with E-state index in [0.29, 0.717) is 10.0 Å². The summed E-state index contributed by atoms with van der Waals surface area (Å²) in [5.74, 6) is 3.60. The van der Waals surface area contributed by atoms with Crippen LogP contribution in [0.15, 0.2) is 18.2 Å². The molecule has 28 heavy (non-hydrogen) atoms. The van der Waals surface area contributed by atoms with Crippen molar-refractivity contribution in [3.05, 3.63) is 39.8 Å². The van der Waals surface area contributed by atoms with Crippen LogP contribution in [-0.4, -0.2) is 28.0 Å². The first-order chi connectivity index (χ1) is 13.5. The summed E-state index contributed by atoms with van der Waals surface area (Å²) in [4.78, 5) is 15.8. The highest BCUT2D eigenvalue weighted by molar-refractivity contribution is 6.36. The minimum Gasteiger partial charge on any atom is -0.355 e. The molecule has 2 saturated carbocycles. The van der Waals surface area contributed by atoms with Gasteiger partial charge in [0.2, 0.25) is 0 Å². The predicted molar refractivity (Wildman–Crippen MR) is 116 cm³/mol. The third kappa shape index (κ3) is 3.48. The first kappa shape index (κ1) is 18.3. The maximum Gasteiger partial charge on any atom is 0.141 e. The Morgan fingerprint density at radius 2 is 1.71 bits per heavy atom. The zero-order valence-electron chi connectivity index (χ0n) is 16.2. The molecule has 0 radical (unpaired) electrons. The normalized spacial score (nSPS) is 16.7. The van der Waals surface area contributed by atoms with E-state index in [2.05, 4.69) is 16.8 Å². The van der Waals surface area contributed by atoms with Crippen LogP contribution < -0.4 is 4.90 Å². The van der Waals surface area contributed by atoms with Gasteiger partial charge < -0.3 is 9.88 Å². The van der Waals surface area contributed by atoms with Crippen LogP contribution in [0.1, 0.15) is 37.2 Å². The molecular weight excluding hydrogens is 391 g/mol. The fourth-order valence-electron chi connectivity index (χ4n) is 3.97. The Morgan fingerprint density at radius 3 is 2.32 bits per heavy atom. The molecule has 0 atom stereocenters. The van der Waals surface area contributed by atoms with E-state index in [1.54, 1.807) is 6.07 Å². The highest BCUT2D eigenvalue weighted by Gasteiger charge is 2.33. The van der Waals surface area contributed by atoms with E-state index >= 15 is 0 Å². The summed E-state index contributed by atoms with van der Waals surface area (Å²) in [6.45, 7) is 6.29. The predicted octanol–water partition coefficient (Wildman–Crippen LogP) is 6.13. The molecular formula is C22H24Cl2N4. The summed E-state index contributed by atoms with van der Waals surface area (Å²) in [5.41, 5.74) is 4.90. The maximum absolute atomic E-state index is 6.51. The minimum absolute atomic E-state index is 0.615. The Kier molecular flexibility index (Phi) is 4.52. The van der Waals surface area contributed by atoms with Crippen molar-refractivity contribution >= 4 is 29.0 Å². The van der Waals surface area contributed by atoms with E-state index in [-0.39, 0.29) is 0 Å². The van der Waals surface area contributed by atoms with Crippen molar-refractivity contribution in [1.29, 1.82) is 0 Å². The van der Waals surface area contributed by atoms with Gasteiger partial charge >= 0.3 is 0 Å². The summed E-state index contributed by atoms with van der Waals surface area (Å²) in [6, 6.07) is 5.58. The SMILES string of the molecule is Cc1nc(N(CC2CC2)CC2CC2)c2c(C)nc(-c3ccc(Cl)cc3Cl)c-2[nH]1. The van der Waals surface area contributed by atoms with E-state index in [4.69, 9.17) is 33.2 Å². The second kappa shape index (κ2) is 6.93. The van der Waals surface area contributed by atoms with E-state index in [1.165, 1.54) is 25.7 Å². The van der Waals surface area contributed by atoms with Crippen molar-refractivity contribution < 1.29 is 0 Å². The van der Waals surface area contributed by atoms with Crippen molar-refractivity contribution in [2.24, 2.45) is 11.8 Å². The molecule has 146 valence electrons. The molecule has 0 bridgehead atoms. The van der Waals surface area contributed by atoms with Gasteiger partial charge in [0.1, 0.15) is 11.6 Å². The number of hydrogen-bond acceptors (Lipinski definition) is 3. The lowest BCUT2D eigenvalue weighted by molar-refractivity contribution is 0.669. The van der Waals surface area contributed by atoms with Gasteiger partial charge in [-0.2, -0.15) is 0 Å². The molecule has 2 aliphatic heterocycles. The average molecular weight is 415 g/mol. The number of aryl methyl sites for hydroxylation is 2. The number of hydrogen-bond donors (Lipinski definition) is 1. The van der Waals surface area contributed by atoms with Gasteiger partial charge in [0, 0.05) is 23.7 Å². The molecule has 1 aromatic rings. The van der Waals surface area contributed by atoms with Crippen molar-refractivity contribution in [3.8, 4) is 22.5 Å². The highest BCUT2D eigenvalue weighted by atomic mass is 35.5. The van der Waals surface area contributed by atoms with Gasteiger partial charge in [-0.25, -0.2) is 4.98 Å². The monoisotopic (exact) mass is 414 g/mol. The number of benzene rings is 1. The summed E-state index contributed by atoms with van der Waals surface area (Å²) in [5, 5.41) is 1.24. The Bertz CT molecular complexity index is 990. The molecule has 2 fully saturated rings. The van der Waals surface area contributed by atoms with Crippen LogP contribution in [0.25, 0.3) is 22.5 Å². The van der Waals surface area contributed by atoms with E-state index in [1.807, 2.05) is 19.1 Å². The maximum atomic E-state index is 6.51. The number of aromatic amines is 1. The van der Waals surface area contributed by atoms with E-state index in [0.717, 1.165) is 64.8 Å². The first-order valence-corrected chi connectivity index (χ1v) is 10.8. The highest BCUT2D eigenvalue weighted by Crippen LogP contribution is 2.44. The molecule has 4 aliphatic rings. The van der Waals surface area contributed by atoms with Crippen molar-refractivity contribution in [2.45, 2.75) is 39.5 Å². The van der Waals surface area contributed by atoms with Gasteiger partial charge in [-0.05, 0) is 69.6 Å². The number of aromatic nitrogens is 3. The van der Waals surface area contributed by atoms with Gasteiger partial charge in [0.05, 0.1) is 27.7 Å². The van der Waals surface area contributed by atoms with Gasteiger partial charge in [-0.1, -0.05) is 23.2 Å². The zero-order chi connectivity index (χ0) is 19.4. The Labute approximate surface area is 175 Å². The summed E-state index contributed by atoms with van der Waals surface area (Å²) < 4.78 is 0. The number of fused-ring (bicyclic) bond motifs is 1. The van der Waals surface area contributed by atoms with Gasteiger partial charge in [0.25, 0.3) is 0 Å². The largest absolute Gasteiger partial charge is 0.355 e. The molecule has 2 aliphatic carbocycles. The second-order valence-corrected chi connectivity index (χ2v) is 9.20. The standard InChI is InChI=1S/C22H24Cl2N4/c1-12-19-21(20(25-12)17-8-7-16(23)9-18(17)24)26-13(2)27-22(19)28(10-14-3-4-14)11-15-5-6-15/h7-9,14-15H,3-6,10-11H2,1-2H3,(H,26,27). The van der Waals surface area contributed by atoms with Crippen LogP contribution in [0, 0.1) is 25.7 Å². The zero-order valence-corrected chi connectivity index (χ0v) is 17.7. The smallest absolute Gasteiger partial charge is 0.141 e. The molecule has 0 amide bonds. The molecule has 0 unspecified atom stereocenters. The van der Waals surface area contributed by atoms with Gasteiger partial charge in [0.15, 0.2) is 0 Å². The van der Waals surface area contributed by atoms with Crippen LogP contribution in [0.2, 0.25) is 10.0 Å². The average Bonchev–Trinajstić information content (AvgIpc) is 3.56. The molecule has 1 aromatic carbocycles. The van der Waals surface area contributed by atoms with Crippen LogP contribution in [0.4, 0.5) is 5.82 Å². The van der Waals surface area contributed by atoms with Crippen LogP contribution in [0.5, 0.6) is 0 Å². The van der Waals surface area contributed by atoms with Crippen LogP contribution in [0.3, 0.4) is 0 Å². The number of halogens is 2. The van der Waals surface area contributed by atoms with E-state index in [9.17, 15) is 0 Å². The lowest BCUT2D eigenvalue weighted by Gasteiger charge is -2.26. The second-order valence-electron chi connectivity index (χ2n) is 8.36. The fourth-order valence-corrected chi connectivity index (χ4v) is 4.47. The number of nitrogens with one attached hydrogen (secondary N) is 1. The van der Waals surface area contributed by atoms with Crippen molar-refractivity contribution in [1.82, 2.24) is 15.0 Å². The van der Waals surface area contributed by atoms with E-state index < -0.39 is 0 Å². The van der Waals surface area contributed by atoms with Gasteiger partial charge in [-0.15, -0.1) is 0 Å². The Morgan fingerprint density at radius 1 is 1.04 bits per heavy atom. The topological polar surface area (TPSA) is 44.8 Å². The molecule has 0 spiro atoms. The number of anilines is 1. The quantitative estimate of drug-likeness (QED) is 0.527. The number of nitrogens with zero attached hydrogens (tertiary/aromatic N) is 3. The molecule has 1 N–H and O–H groups in total. The van der Waals surface area contributed by atoms with Crippen molar-refractivity contribution in [2.75, 3.05) is 18.0 Å². The van der Waals surface area contributed by atoms with Crippen LogP contribution >= 0.6 is 23.2 Å². The summed E-state index contributed by atoms with van der Waals surface area (Å²) in [7, 11) is 0. The Balaban J connectivity index is 1.62. The Hall–Kier alpha value is -1.78.